The molecule has 2 nitrogen and oxygen atoms in total. The number of aldehydes is 1. The van der Waals surface area contributed by atoms with Gasteiger partial charge in [-0.15, -0.1) is 0 Å². The first-order valence-corrected chi connectivity index (χ1v) is 6.02. The number of benzene rings is 2. The maximum absolute atomic E-state index is 11.1. The summed E-state index contributed by atoms with van der Waals surface area (Å²) in [6.45, 7) is 0. The van der Waals surface area contributed by atoms with Crippen molar-refractivity contribution < 1.29 is 9.53 Å². The molecule has 0 heterocycles. The highest BCUT2D eigenvalue weighted by Gasteiger charge is 2.08. The molecule has 0 atom stereocenters. The van der Waals surface area contributed by atoms with E-state index in [0.29, 0.717) is 11.3 Å². The van der Waals surface area contributed by atoms with Crippen LogP contribution in [0.5, 0.6) is 5.75 Å². The van der Waals surface area contributed by atoms with Crippen LogP contribution in [0.2, 0.25) is 0 Å². The summed E-state index contributed by atoms with van der Waals surface area (Å²) in [6.07, 6.45) is 0.837. The fourth-order valence-electron chi connectivity index (χ4n) is 1.52. The lowest BCUT2D eigenvalue weighted by Crippen LogP contribution is -1.92. The Morgan fingerprint density at radius 2 is 1.82 bits per heavy atom. The minimum absolute atomic E-state index is 0.601. The van der Waals surface area contributed by atoms with Crippen molar-refractivity contribution in [3.05, 3.63) is 54.1 Å². The quantitative estimate of drug-likeness (QED) is 0.768. The maximum atomic E-state index is 11.1. The zero-order valence-electron chi connectivity index (χ0n) is 9.42. The summed E-state index contributed by atoms with van der Waals surface area (Å²) in [5.74, 6) is 0.612. The predicted molar refractivity (Wildman–Crippen MR) is 68.9 cm³/mol. The minimum atomic E-state index is 0.601. The summed E-state index contributed by atoms with van der Waals surface area (Å²) < 4.78 is 5.17. The molecule has 3 heteroatoms. The molecule has 0 fully saturated rings. The van der Waals surface area contributed by atoms with Crippen molar-refractivity contribution in [2.45, 2.75) is 9.79 Å². The van der Waals surface area contributed by atoms with E-state index in [1.807, 2.05) is 42.5 Å². The van der Waals surface area contributed by atoms with E-state index in [0.717, 1.165) is 16.1 Å². The Morgan fingerprint density at radius 1 is 1.06 bits per heavy atom. The van der Waals surface area contributed by atoms with Gasteiger partial charge in [0.25, 0.3) is 0 Å². The molecule has 0 radical (unpaired) electrons. The van der Waals surface area contributed by atoms with Crippen LogP contribution in [-0.2, 0) is 0 Å². The van der Waals surface area contributed by atoms with E-state index in [4.69, 9.17) is 4.74 Å². The second-order valence-electron chi connectivity index (χ2n) is 3.41. The summed E-state index contributed by atoms with van der Waals surface area (Å²) in [5, 5.41) is 0. The number of methoxy groups -OCH3 is 1. The molecule has 0 unspecified atom stereocenters. The largest absolute Gasteiger partial charge is 0.496 e. The van der Waals surface area contributed by atoms with Crippen molar-refractivity contribution >= 4 is 18.0 Å². The molecule has 0 aliphatic heterocycles. The molecule has 0 aliphatic rings. The second-order valence-corrected chi connectivity index (χ2v) is 4.52. The Balaban J connectivity index is 2.36. The van der Waals surface area contributed by atoms with Gasteiger partial charge in [0.1, 0.15) is 5.75 Å². The molecule has 0 aromatic heterocycles. The molecule has 0 bridgehead atoms. The van der Waals surface area contributed by atoms with Crippen LogP contribution in [-0.4, -0.2) is 13.4 Å². The van der Waals surface area contributed by atoms with Crippen LogP contribution in [0.3, 0.4) is 0 Å². The van der Waals surface area contributed by atoms with Gasteiger partial charge in [-0.25, -0.2) is 0 Å². The molecule has 0 amide bonds. The third-order valence-electron chi connectivity index (χ3n) is 2.33. The topological polar surface area (TPSA) is 26.3 Å². The molecule has 2 rings (SSSR count). The number of ether oxygens (including phenoxy) is 1. The third-order valence-corrected chi connectivity index (χ3v) is 3.42. The molecule has 17 heavy (non-hydrogen) atoms. The molecule has 0 N–H and O–H groups in total. The van der Waals surface area contributed by atoms with Crippen LogP contribution < -0.4 is 4.74 Å². The standard InChI is InChI=1S/C14H12O2S/c1-16-13-8-5-9-14(12(13)10-15)17-11-6-3-2-4-7-11/h2-10H,1H3. The van der Waals surface area contributed by atoms with Crippen molar-refractivity contribution in [1.82, 2.24) is 0 Å². The van der Waals surface area contributed by atoms with Crippen LogP contribution >= 0.6 is 11.8 Å². The molecule has 2 aromatic carbocycles. The van der Waals surface area contributed by atoms with Crippen molar-refractivity contribution in [2.75, 3.05) is 7.11 Å². The van der Waals surface area contributed by atoms with Gasteiger partial charge in [0, 0.05) is 9.79 Å². The second kappa shape index (κ2) is 5.55. The van der Waals surface area contributed by atoms with E-state index in [9.17, 15) is 4.79 Å². The predicted octanol–water partition coefficient (Wildman–Crippen LogP) is 3.66. The summed E-state index contributed by atoms with van der Waals surface area (Å²) in [6, 6.07) is 15.5. The summed E-state index contributed by atoms with van der Waals surface area (Å²) in [7, 11) is 1.57. The average molecular weight is 244 g/mol. The van der Waals surface area contributed by atoms with Crippen LogP contribution in [0.15, 0.2) is 58.3 Å². The molecule has 0 saturated carbocycles. The van der Waals surface area contributed by atoms with Crippen molar-refractivity contribution in [3.8, 4) is 5.75 Å². The third kappa shape index (κ3) is 2.68. The Bertz CT molecular complexity index is 509. The number of carbonyl (C=O) groups excluding carboxylic acids is 1. The van der Waals surface area contributed by atoms with Crippen molar-refractivity contribution in [3.63, 3.8) is 0 Å². The van der Waals surface area contributed by atoms with E-state index >= 15 is 0 Å². The van der Waals surface area contributed by atoms with E-state index in [1.54, 1.807) is 24.9 Å². The highest BCUT2D eigenvalue weighted by Crippen LogP contribution is 2.33. The van der Waals surface area contributed by atoms with Crippen molar-refractivity contribution in [2.24, 2.45) is 0 Å². The van der Waals surface area contributed by atoms with Crippen LogP contribution in [0, 0.1) is 0 Å². The van der Waals surface area contributed by atoms with E-state index in [-0.39, 0.29) is 0 Å². The van der Waals surface area contributed by atoms with Gasteiger partial charge in [-0.2, -0.15) is 0 Å². The summed E-state index contributed by atoms with van der Waals surface area (Å²) in [4.78, 5) is 13.1. The fourth-order valence-corrected chi connectivity index (χ4v) is 2.47. The maximum Gasteiger partial charge on any atom is 0.154 e. The number of carbonyl (C=O) groups is 1. The van der Waals surface area contributed by atoms with Gasteiger partial charge < -0.3 is 4.74 Å². The number of hydrogen-bond donors (Lipinski definition) is 0. The highest BCUT2D eigenvalue weighted by atomic mass is 32.2. The highest BCUT2D eigenvalue weighted by molar-refractivity contribution is 7.99. The first kappa shape index (κ1) is 11.7. The van der Waals surface area contributed by atoms with Crippen LogP contribution in [0.1, 0.15) is 10.4 Å². The van der Waals surface area contributed by atoms with Gasteiger partial charge in [0.05, 0.1) is 12.7 Å². The van der Waals surface area contributed by atoms with Gasteiger partial charge in [-0.1, -0.05) is 36.0 Å². The summed E-state index contributed by atoms with van der Waals surface area (Å²) in [5.41, 5.74) is 0.601. The van der Waals surface area contributed by atoms with Crippen LogP contribution in [0.4, 0.5) is 0 Å². The molecule has 0 saturated heterocycles. The Hall–Kier alpha value is -1.74. The van der Waals surface area contributed by atoms with Crippen molar-refractivity contribution in [1.29, 1.82) is 0 Å². The first-order chi connectivity index (χ1) is 8.35. The normalized spacial score (nSPS) is 9.94. The summed E-state index contributed by atoms with van der Waals surface area (Å²) >= 11 is 1.56. The molecular formula is C14H12O2S. The lowest BCUT2D eigenvalue weighted by molar-refractivity contribution is 0.111. The lowest BCUT2D eigenvalue weighted by atomic mass is 10.2. The monoisotopic (exact) mass is 244 g/mol. The average Bonchev–Trinajstić information content (AvgIpc) is 2.39. The van der Waals surface area contributed by atoms with Gasteiger partial charge in [-0.05, 0) is 24.3 Å². The van der Waals surface area contributed by atoms with Gasteiger partial charge in [-0.3, -0.25) is 4.79 Å². The first-order valence-electron chi connectivity index (χ1n) is 5.20. The molecule has 0 spiro atoms. The zero-order chi connectivity index (χ0) is 12.1. The van der Waals surface area contributed by atoms with E-state index in [1.165, 1.54) is 0 Å². The van der Waals surface area contributed by atoms with E-state index < -0.39 is 0 Å². The van der Waals surface area contributed by atoms with Gasteiger partial charge >= 0.3 is 0 Å². The molecule has 2 aromatic rings. The minimum Gasteiger partial charge on any atom is -0.496 e. The Morgan fingerprint density at radius 3 is 2.47 bits per heavy atom. The smallest absolute Gasteiger partial charge is 0.154 e. The van der Waals surface area contributed by atoms with Gasteiger partial charge in [0.2, 0.25) is 0 Å². The Kier molecular flexibility index (Phi) is 3.83. The lowest BCUT2D eigenvalue weighted by Gasteiger charge is -2.08. The molecular weight excluding hydrogens is 232 g/mol. The zero-order valence-corrected chi connectivity index (χ0v) is 10.2. The number of hydrogen-bond acceptors (Lipinski definition) is 3. The molecule has 0 aliphatic carbocycles. The van der Waals surface area contributed by atoms with E-state index in [2.05, 4.69) is 0 Å². The number of rotatable bonds is 4. The SMILES string of the molecule is COc1cccc(Sc2ccccc2)c1C=O. The Labute approximate surface area is 105 Å². The fraction of sp³-hybridized carbons (Fsp3) is 0.0714. The van der Waals surface area contributed by atoms with Crippen LogP contribution in [0.25, 0.3) is 0 Å². The molecule has 86 valence electrons. The van der Waals surface area contributed by atoms with Gasteiger partial charge in [0.15, 0.2) is 6.29 Å².